The Morgan fingerprint density at radius 1 is 1.18 bits per heavy atom. The van der Waals surface area contributed by atoms with Crippen LogP contribution in [0.25, 0.3) is 0 Å². The molecule has 0 aromatic heterocycles. The maximum absolute atomic E-state index is 12.9. The molecule has 8 heteroatoms. The van der Waals surface area contributed by atoms with Crippen LogP contribution in [0.4, 0.5) is 11.4 Å². The Morgan fingerprint density at radius 2 is 1.93 bits per heavy atom. The Bertz CT molecular complexity index is 960. The molecule has 1 aliphatic rings. The summed E-state index contributed by atoms with van der Waals surface area (Å²) in [6.07, 6.45) is 1.31. The van der Waals surface area contributed by atoms with Crippen molar-refractivity contribution in [2.75, 3.05) is 11.9 Å². The van der Waals surface area contributed by atoms with Gasteiger partial charge in [-0.15, -0.1) is 0 Å². The topological polar surface area (TPSA) is 92.6 Å². The summed E-state index contributed by atoms with van der Waals surface area (Å²) in [6.45, 7) is 3.98. The lowest BCUT2D eigenvalue weighted by Gasteiger charge is -2.24. The molecule has 0 saturated carbocycles. The first kappa shape index (κ1) is 20.0. The lowest BCUT2D eigenvalue weighted by Crippen LogP contribution is -2.43. The van der Waals surface area contributed by atoms with E-state index in [1.807, 2.05) is 25.1 Å². The van der Waals surface area contributed by atoms with Gasteiger partial charge in [0.05, 0.1) is 4.92 Å². The normalized spacial score (nSPS) is 16.1. The molecule has 0 spiro atoms. The Kier molecular flexibility index (Phi) is 5.79. The molecule has 0 aliphatic carbocycles. The number of carbonyl (C=O) groups excluding carboxylic acids is 2. The smallest absolute Gasteiger partial charge is 0.272 e. The van der Waals surface area contributed by atoms with Crippen molar-refractivity contribution in [3.63, 3.8) is 0 Å². The molecule has 146 valence electrons. The number of halogens is 1. The summed E-state index contributed by atoms with van der Waals surface area (Å²) in [6, 6.07) is 9.29. The van der Waals surface area contributed by atoms with E-state index in [0.29, 0.717) is 29.8 Å². The zero-order valence-electron chi connectivity index (χ0n) is 15.6. The number of hydrogen-bond donors (Lipinski definition) is 1. The minimum Gasteiger partial charge on any atom is -0.327 e. The number of nitro benzene ring substituents is 1. The molecule has 2 aromatic carbocycles. The van der Waals surface area contributed by atoms with Crippen LogP contribution < -0.4 is 5.32 Å². The highest BCUT2D eigenvalue weighted by molar-refractivity contribution is 9.10. The molecule has 1 N–H and O–H groups in total. The minimum atomic E-state index is -0.564. The predicted octanol–water partition coefficient (Wildman–Crippen LogP) is 4.22. The molecule has 0 radical (unpaired) electrons. The van der Waals surface area contributed by atoms with Crippen LogP contribution in [0.1, 0.15) is 34.3 Å². The molecule has 1 aliphatic heterocycles. The second kappa shape index (κ2) is 8.10. The number of hydrogen-bond acceptors (Lipinski definition) is 4. The molecule has 1 atom stereocenters. The van der Waals surface area contributed by atoms with Crippen LogP contribution in [0.15, 0.2) is 40.9 Å². The molecule has 7 nitrogen and oxygen atoms in total. The van der Waals surface area contributed by atoms with E-state index < -0.39 is 11.0 Å². The average Bonchev–Trinajstić information content (AvgIpc) is 3.12. The third-order valence-corrected chi connectivity index (χ3v) is 5.40. The summed E-state index contributed by atoms with van der Waals surface area (Å²) in [5.41, 5.74) is 2.37. The number of nitro groups is 1. The van der Waals surface area contributed by atoms with Gasteiger partial charge in [-0.1, -0.05) is 15.9 Å². The van der Waals surface area contributed by atoms with Gasteiger partial charge in [0.2, 0.25) is 5.91 Å². The van der Waals surface area contributed by atoms with Crippen molar-refractivity contribution in [2.24, 2.45) is 0 Å². The van der Waals surface area contributed by atoms with E-state index >= 15 is 0 Å². The van der Waals surface area contributed by atoms with Crippen LogP contribution in [0.5, 0.6) is 0 Å². The first-order valence-corrected chi connectivity index (χ1v) is 9.70. The van der Waals surface area contributed by atoms with E-state index in [0.717, 1.165) is 16.5 Å². The number of aryl methyl sites for hydroxylation is 2. The number of benzene rings is 2. The van der Waals surface area contributed by atoms with Crippen LogP contribution in [-0.4, -0.2) is 34.2 Å². The van der Waals surface area contributed by atoms with Gasteiger partial charge in [-0.2, -0.15) is 0 Å². The summed E-state index contributed by atoms with van der Waals surface area (Å²) in [4.78, 5) is 37.8. The number of rotatable bonds is 4. The number of amides is 2. The summed E-state index contributed by atoms with van der Waals surface area (Å²) in [7, 11) is 0. The van der Waals surface area contributed by atoms with E-state index in [-0.39, 0.29) is 17.5 Å². The second-order valence-corrected chi connectivity index (χ2v) is 7.78. The van der Waals surface area contributed by atoms with Crippen LogP contribution in [0, 0.1) is 24.0 Å². The molecule has 1 heterocycles. The largest absolute Gasteiger partial charge is 0.327 e. The first-order valence-electron chi connectivity index (χ1n) is 8.91. The van der Waals surface area contributed by atoms with Gasteiger partial charge >= 0.3 is 0 Å². The van der Waals surface area contributed by atoms with Crippen molar-refractivity contribution >= 4 is 39.1 Å². The maximum Gasteiger partial charge on any atom is 0.272 e. The number of likely N-dealkylation sites (tertiary alicyclic amines) is 1. The van der Waals surface area contributed by atoms with Gasteiger partial charge in [0.15, 0.2) is 0 Å². The Hall–Kier alpha value is -2.74. The van der Waals surface area contributed by atoms with E-state index in [2.05, 4.69) is 21.2 Å². The van der Waals surface area contributed by atoms with E-state index in [9.17, 15) is 19.7 Å². The van der Waals surface area contributed by atoms with Crippen molar-refractivity contribution in [3.8, 4) is 0 Å². The lowest BCUT2D eigenvalue weighted by molar-refractivity contribution is -0.385. The van der Waals surface area contributed by atoms with Gasteiger partial charge in [0.25, 0.3) is 11.6 Å². The average molecular weight is 446 g/mol. The molecule has 28 heavy (non-hydrogen) atoms. The van der Waals surface area contributed by atoms with Crippen molar-refractivity contribution in [1.29, 1.82) is 0 Å². The van der Waals surface area contributed by atoms with Crippen molar-refractivity contribution < 1.29 is 14.5 Å². The van der Waals surface area contributed by atoms with Crippen LogP contribution in [-0.2, 0) is 4.79 Å². The summed E-state index contributed by atoms with van der Waals surface area (Å²) >= 11 is 3.40. The second-order valence-electron chi connectivity index (χ2n) is 6.86. The van der Waals surface area contributed by atoms with Gasteiger partial charge < -0.3 is 10.2 Å². The van der Waals surface area contributed by atoms with Crippen molar-refractivity contribution in [1.82, 2.24) is 4.90 Å². The quantitative estimate of drug-likeness (QED) is 0.563. The Morgan fingerprint density at radius 3 is 2.57 bits per heavy atom. The van der Waals surface area contributed by atoms with Gasteiger partial charge in [0.1, 0.15) is 6.04 Å². The lowest BCUT2D eigenvalue weighted by atomic mass is 10.1. The van der Waals surface area contributed by atoms with Crippen LogP contribution in [0.3, 0.4) is 0 Å². The molecule has 0 bridgehead atoms. The fourth-order valence-electron chi connectivity index (χ4n) is 3.42. The maximum atomic E-state index is 12.9. The highest BCUT2D eigenvalue weighted by Crippen LogP contribution is 2.26. The predicted molar refractivity (Wildman–Crippen MR) is 109 cm³/mol. The zero-order chi connectivity index (χ0) is 20.4. The van der Waals surface area contributed by atoms with Gasteiger partial charge in [-0.25, -0.2) is 0 Å². The third-order valence-electron chi connectivity index (χ3n) is 4.90. The van der Waals surface area contributed by atoms with Gasteiger partial charge in [-0.3, -0.25) is 19.7 Å². The first-order chi connectivity index (χ1) is 13.3. The van der Waals surface area contributed by atoms with Crippen LogP contribution in [0.2, 0.25) is 0 Å². The fraction of sp³-hybridized carbons (Fsp3) is 0.300. The van der Waals surface area contributed by atoms with Gasteiger partial charge in [0, 0.05) is 33.9 Å². The zero-order valence-corrected chi connectivity index (χ0v) is 17.2. The molecule has 1 fully saturated rings. The van der Waals surface area contributed by atoms with Gasteiger partial charge in [-0.05, 0) is 62.6 Å². The number of nitrogens with one attached hydrogen (secondary N) is 1. The summed E-state index contributed by atoms with van der Waals surface area (Å²) < 4.78 is 0.925. The monoisotopic (exact) mass is 445 g/mol. The molecule has 2 aromatic rings. The molecule has 1 unspecified atom stereocenters. The molecular formula is C20H20BrN3O4. The fourth-order valence-corrected chi connectivity index (χ4v) is 3.90. The van der Waals surface area contributed by atoms with E-state index in [1.54, 1.807) is 11.8 Å². The summed E-state index contributed by atoms with van der Waals surface area (Å²) in [5.74, 6) is -0.516. The third kappa shape index (κ3) is 4.06. The van der Waals surface area contributed by atoms with Crippen molar-refractivity contribution in [2.45, 2.75) is 32.7 Å². The number of anilines is 1. The summed E-state index contributed by atoms with van der Waals surface area (Å²) in [5, 5.41) is 13.9. The Labute approximate surface area is 171 Å². The van der Waals surface area contributed by atoms with E-state index in [4.69, 9.17) is 0 Å². The number of nitrogens with zero attached hydrogens (tertiary/aromatic N) is 2. The Balaban J connectivity index is 1.78. The van der Waals surface area contributed by atoms with Crippen LogP contribution >= 0.6 is 15.9 Å². The van der Waals surface area contributed by atoms with Crippen molar-refractivity contribution in [3.05, 3.63) is 67.7 Å². The number of carbonyl (C=O) groups is 2. The SMILES string of the molecule is Cc1cc(Br)ccc1NC(=O)C1CCCN1C(=O)c1ccc([N+](=O)[O-])c(C)c1. The highest BCUT2D eigenvalue weighted by atomic mass is 79.9. The molecular weight excluding hydrogens is 426 g/mol. The molecule has 1 saturated heterocycles. The molecule has 3 rings (SSSR count). The standard InChI is InChI=1S/C20H20BrN3O4/c1-12-11-15(21)6-7-16(12)22-19(25)18-4-3-9-23(18)20(26)14-5-8-17(24(27)28)13(2)10-14/h5-8,10-11,18H,3-4,9H2,1-2H3,(H,22,25). The molecule has 2 amide bonds. The highest BCUT2D eigenvalue weighted by Gasteiger charge is 2.35. The van der Waals surface area contributed by atoms with E-state index in [1.165, 1.54) is 18.2 Å². The minimum absolute atomic E-state index is 0.0296.